The van der Waals surface area contributed by atoms with Gasteiger partial charge in [0.25, 0.3) is 5.91 Å². The Morgan fingerprint density at radius 3 is 2.65 bits per heavy atom. The number of nitrogens with zero attached hydrogens (tertiary/aromatic N) is 3. The number of aryl methyl sites for hydroxylation is 1. The minimum Gasteiger partial charge on any atom is -0.345 e. The van der Waals surface area contributed by atoms with Gasteiger partial charge in [0.1, 0.15) is 0 Å². The predicted molar refractivity (Wildman–Crippen MR) is 101 cm³/mol. The van der Waals surface area contributed by atoms with Gasteiger partial charge in [-0.1, -0.05) is 0 Å². The fourth-order valence-electron chi connectivity index (χ4n) is 3.28. The molecule has 0 saturated carbocycles. The first-order chi connectivity index (χ1) is 12.6. The van der Waals surface area contributed by atoms with Crippen LogP contribution in [0.15, 0.2) is 36.0 Å². The zero-order chi connectivity index (χ0) is 18.1. The first-order valence-corrected chi connectivity index (χ1v) is 9.53. The third-order valence-corrected chi connectivity index (χ3v) is 5.78. The normalized spacial score (nSPS) is 14.8. The third kappa shape index (κ3) is 3.22. The molecule has 0 bridgehead atoms. The van der Waals surface area contributed by atoms with Crippen molar-refractivity contribution >= 4 is 34.2 Å². The fourth-order valence-corrected chi connectivity index (χ4v) is 4.01. The monoisotopic (exact) mass is 368 g/mol. The van der Waals surface area contributed by atoms with E-state index in [2.05, 4.69) is 9.97 Å². The molecule has 4 rings (SSSR count). The Labute approximate surface area is 155 Å². The molecule has 7 heteroatoms. The van der Waals surface area contributed by atoms with Crippen LogP contribution in [-0.4, -0.2) is 57.8 Å². The molecule has 1 aliphatic heterocycles. The van der Waals surface area contributed by atoms with Crippen molar-refractivity contribution in [2.75, 3.05) is 26.2 Å². The van der Waals surface area contributed by atoms with E-state index in [0.717, 1.165) is 16.6 Å². The summed E-state index contributed by atoms with van der Waals surface area (Å²) in [5.74, 6) is 0.139. The van der Waals surface area contributed by atoms with Crippen molar-refractivity contribution < 1.29 is 9.59 Å². The average molecular weight is 368 g/mol. The average Bonchev–Trinajstić information content (AvgIpc) is 3.29. The summed E-state index contributed by atoms with van der Waals surface area (Å²) in [5, 5.41) is 2.02. The maximum absolute atomic E-state index is 12.7. The molecule has 1 N–H and O–H groups in total. The summed E-state index contributed by atoms with van der Waals surface area (Å²) >= 11 is 1.67. The van der Waals surface area contributed by atoms with Crippen LogP contribution in [0.4, 0.5) is 0 Å². The maximum Gasteiger partial charge on any atom is 0.254 e. The SMILES string of the molecule is Cc1sccc1CC(=O)N1CCN(C(=O)c2ccc3nc[nH]c3c2)CC1. The summed E-state index contributed by atoms with van der Waals surface area (Å²) in [6.45, 7) is 4.34. The van der Waals surface area contributed by atoms with Gasteiger partial charge in [-0.25, -0.2) is 4.98 Å². The summed E-state index contributed by atoms with van der Waals surface area (Å²) in [5.41, 5.74) is 3.46. The van der Waals surface area contributed by atoms with Gasteiger partial charge in [0.15, 0.2) is 0 Å². The van der Waals surface area contributed by atoms with Crippen LogP contribution in [-0.2, 0) is 11.2 Å². The lowest BCUT2D eigenvalue weighted by Crippen LogP contribution is -2.51. The van der Waals surface area contributed by atoms with Crippen LogP contribution in [0.2, 0.25) is 0 Å². The van der Waals surface area contributed by atoms with E-state index in [1.807, 2.05) is 46.4 Å². The van der Waals surface area contributed by atoms with Crippen molar-refractivity contribution in [2.24, 2.45) is 0 Å². The number of rotatable bonds is 3. The first kappa shape index (κ1) is 16.8. The number of aromatic amines is 1. The second-order valence-corrected chi connectivity index (χ2v) is 7.61. The highest BCUT2D eigenvalue weighted by Gasteiger charge is 2.25. The molecule has 26 heavy (non-hydrogen) atoms. The second kappa shape index (κ2) is 6.92. The van der Waals surface area contributed by atoms with Crippen LogP contribution >= 0.6 is 11.3 Å². The van der Waals surface area contributed by atoms with Crippen molar-refractivity contribution in [2.45, 2.75) is 13.3 Å². The Kier molecular flexibility index (Phi) is 4.46. The zero-order valence-electron chi connectivity index (χ0n) is 14.6. The summed E-state index contributed by atoms with van der Waals surface area (Å²) in [6.07, 6.45) is 2.07. The van der Waals surface area contributed by atoms with Gasteiger partial charge in [0.2, 0.25) is 5.91 Å². The van der Waals surface area contributed by atoms with Gasteiger partial charge >= 0.3 is 0 Å². The highest BCUT2D eigenvalue weighted by Crippen LogP contribution is 2.18. The molecule has 134 valence electrons. The molecule has 6 nitrogen and oxygen atoms in total. The highest BCUT2D eigenvalue weighted by atomic mass is 32.1. The van der Waals surface area contributed by atoms with E-state index < -0.39 is 0 Å². The van der Waals surface area contributed by atoms with E-state index in [9.17, 15) is 9.59 Å². The van der Waals surface area contributed by atoms with E-state index >= 15 is 0 Å². The van der Waals surface area contributed by atoms with E-state index in [1.54, 1.807) is 17.7 Å². The number of imidazole rings is 1. The van der Waals surface area contributed by atoms with Crippen LogP contribution in [0.3, 0.4) is 0 Å². The molecule has 0 spiro atoms. The smallest absolute Gasteiger partial charge is 0.254 e. The van der Waals surface area contributed by atoms with Gasteiger partial charge in [0.05, 0.1) is 23.8 Å². The minimum atomic E-state index is 0.00211. The number of thiophene rings is 1. The van der Waals surface area contributed by atoms with Crippen LogP contribution in [0.25, 0.3) is 11.0 Å². The highest BCUT2D eigenvalue weighted by molar-refractivity contribution is 7.10. The molecule has 0 unspecified atom stereocenters. The lowest BCUT2D eigenvalue weighted by Gasteiger charge is -2.35. The molecule has 2 aromatic heterocycles. The van der Waals surface area contributed by atoms with E-state index in [-0.39, 0.29) is 11.8 Å². The standard InChI is InChI=1S/C19H20N4O2S/c1-13-14(4-9-26-13)11-18(24)22-5-7-23(8-6-22)19(25)15-2-3-16-17(10-15)21-12-20-16/h2-4,9-10,12H,5-8,11H2,1H3,(H,20,21). The van der Waals surface area contributed by atoms with Gasteiger partial charge in [-0.3, -0.25) is 9.59 Å². The Hall–Kier alpha value is -2.67. The van der Waals surface area contributed by atoms with Gasteiger partial charge in [0, 0.05) is 36.6 Å². The van der Waals surface area contributed by atoms with Gasteiger partial charge < -0.3 is 14.8 Å². The topological polar surface area (TPSA) is 69.3 Å². The Morgan fingerprint density at radius 2 is 1.92 bits per heavy atom. The number of hydrogen-bond donors (Lipinski definition) is 1. The molecule has 1 aromatic carbocycles. The molecule has 0 atom stereocenters. The van der Waals surface area contributed by atoms with Crippen molar-refractivity contribution in [3.63, 3.8) is 0 Å². The molecule has 3 heterocycles. The molecule has 1 fully saturated rings. The van der Waals surface area contributed by atoms with Crippen LogP contribution < -0.4 is 0 Å². The van der Waals surface area contributed by atoms with Crippen LogP contribution in [0, 0.1) is 6.92 Å². The molecule has 0 radical (unpaired) electrons. The summed E-state index contributed by atoms with van der Waals surface area (Å²) in [4.78, 5) is 37.3. The van der Waals surface area contributed by atoms with Gasteiger partial charge in [-0.05, 0) is 42.1 Å². The second-order valence-electron chi connectivity index (χ2n) is 6.49. The van der Waals surface area contributed by atoms with E-state index in [1.165, 1.54) is 4.88 Å². The van der Waals surface area contributed by atoms with E-state index in [0.29, 0.717) is 38.2 Å². The number of H-pyrrole nitrogens is 1. The Morgan fingerprint density at radius 1 is 1.15 bits per heavy atom. The third-order valence-electron chi connectivity index (χ3n) is 4.89. The number of carbonyl (C=O) groups is 2. The van der Waals surface area contributed by atoms with Gasteiger partial charge in [-0.2, -0.15) is 0 Å². The van der Waals surface area contributed by atoms with Crippen molar-refractivity contribution in [3.8, 4) is 0 Å². The largest absolute Gasteiger partial charge is 0.345 e. The first-order valence-electron chi connectivity index (χ1n) is 8.65. The van der Waals surface area contributed by atoms with Crippen LogP contribution in [0.5, 0.6) is 0 Å². The number of carbonyl (C=O) groups excluding carboxylic acids is 2. The van der Waals surface area contributed by atoms with Crippen molar-refractivity contribution in [3.05, 3.63) is 52.0 Å². The lowest BCUT2D eigenvalue weighted by molar-refractivity contribution is -0.131. The quantitative estimate of drug-likeness (QED) is 0.772. The Bertz CT molecular complexity index is 953. The lowest BCUT2D eigenvalue weighted by atomic mass is 10.1. The Balaban J connectivity index is 1.37. The minimum absolute atomic E-state index is 0.00211. The summed E-state index contributed by atoms with van der Waals surface area (Å²) in [6, 6.07) is 7.51. The number of fused-ring (bicyclic) bond motifs is 1. The number of nitrogens with one attached hydrogen (secondary N) is 1. The maximum atomic E-state index is 12.7. The molecule has 0 aliphatic carbocycles. The number of hydrogen-bond acceptors (Lipinski definition) is 4. The summed E-state index contributed by atoms with van der Waals surface area (Å²) in [7, 11) is 0. The molecule has 2 amide bonds. The zero-order valence-corrected chi connectivity index (χ0v) is 15.4. The van der Waals surface area contributed by atoms with Crippen molar-refractivity contribution in [1.29, 1.82) is 0 Å². The number of amides is 2. The van der Waals surface area contributed by atoms with Crippen molar-refractivity contribution in [1.82, 2.24) is 19.8 Å². The number of benzene rings is 1. The summed E-state index contributed by atoms with van der Waals surface area (Å²) < 4.78 is 0. The van der Waals surface area contributed by atoms with Gasteiger partial charge in [-0.15, -0.1) is 11.3 Å². The number of aromatic nitrogens is 2. The van der Waals surface area contributed by atoms with Crippen LogP contribution in [0.1, 0.15) is 20.8 Å². The predicted octanol–water partition coefficient (Wildman–Crippen LogP) is 2.46. The van der Waals surface area contributed by atoms with E-state index in [4.69, 9.17) is 0 Å². The molecule has 1 aliphatic rings. The molecule has 1 saturated heterocycles. The number of piperazine rings is 1. The molecule has 3 aromatic rings. The fraction of sp³-hybridized carbons (Fsp3) is 0.316. The molecular weight excluding hydrogens is 348 g/mol. The molecular formula is C19H20N4O2S.